The summed E-state index contributed by atoms with van der Waals surface area (Å²) in [5.41, 5.74) is 0. The van der Waals surface area contributed by atoms with Crippen LogP contribution in [0.2, 0.25) is 0 Å². The van der Waals surface area contributed by atoms with Gasteiger partial charge in [0.2, 0.25) is 0 Å². The topological polar surface area (TPSA) is 37.8 Å². The van der Waals surface area contributed by atoms with Gasteiger partial charge in [-0.3, -0.25) is 0 Å². The summed E-state index contributed by atoms with van der Waals surface area (Å²) in [5.74, 6) is 0.779. The first kappa shape index (κ1) is 13.9. The van der Waals surface area contributed by atoms with Crippen molar-refractivity contribution in [1.29, 1.82) is 0 Å². The normalized spacial score (nSPS) is 13.3. The summed E-state index contributed by atoms with van der Waals surface area (Å²) in [4.78, 5) is 0. The molecule has 0 aliphatic rings. The minimum absolute atomic E-state index is 0.555. The van der Waals surface area contributed by atoms with Gasteiger partial charge in [0.05, 0.1) is 0 Å². The maximum atomic E-state index is 4.12. The standard InChI is InChI=1S/C11H21N3S2/c1-8(2)5-6-12-7-9(3)15-11-14-13-10(4)16-11/h8-9,12H,5-7H2,1-4H3. The summed E-state index contributed by atoms with van der Waals surface area (Å²) in [6, 6.07) is 0. The van der Waals surface area contributed by atoms with Crippen molar-refractivity contribution in [3.05, 3.63) is 5.01 Å². The molecule has 3 nitrogen and oxygen atoms in total. The number of nitrogens with one attached hydrogen (secondary N) is 1. The highest BCUT2D eigenvalue weighted by Crippen LogP contribution is 2.25. The molecule has 0 saturated heterocycles. The molecule has 0 bridgehead atoms. The zero-order valence-electron chi connectivity index (χ0n) is 10.5. The fourth-order valence-corrected chi connectivity index (χ4v) is 3.33. The highest BCUT2D eigenvalue weighted by molar-refractivity contribution is 8.01. The predicted molar refractivity (Wildman–Crippen MR) is 72.3 cm³/mol. The maximum absolute atomic E-state index is 4.12. The van der Waals surface area contributed by atoms with Crippen molar-refractivity contribution < 1.29 is 0 Å². The van der Waals surface area contributed by atoms with Crippen molar-refractivity contribution in [3.8, 4) is 0 Å². The first-order valence-electron chi connectivity index (χ1n) is 5.75. The van der Waals surface area contributed by atoms with Crippen LogP contribution in [0.5, 0.6) is 0 Å². The molecular formula is C11H21N3S2. The van der Waals surface area contributed by atoms with E-state index in [-0.39, 0.29) is 0 Å². The third-order valence-corrected chi connectivity index (χ3v) is 4.16. The lowest BCUT2D eigenvalue weighted by atomic mass is 10.1. The highest BCUT2D eigenvalue weighted by atomic mass is 32.2. The van der Waals surface area contributed by atoms with E-state index in [1.807, 2.05) is 6.92 Å². The first-order chi connectivity index (χ1) is 7.58. The van der Waals surface area contributed by atoms with Crippen LogP contribution in [0.15, 0.2) is 4.34 Å². The van der Waals surface area contributed by atoms with Crippen molar-refractivity contribution in [2.75, 3.05) is 13.1 Å². The molecule has 1 rings (SSSR count). The van der Waals surface area contributed by atoms with Crippen molar-refractivity contribution in [3.63, 3.8) is 0 Å². The Kier molecular flexibility index (Phi) is 6.31. The molecule has 1 heterocycles. The number of aromatic nitrogens is 2. The van der Waals surface area contributed by atoms with E-state index in [0.29, 0.717) is 5.25 Å². The molecule has 1 N–H and O–H groups in total. The molecule has 0 aromatic carbocycles. The van der Waals surface area contributed by atoms with Crippen LogP contribution in [0, 0.1) is 12.8 Å². The lowest BCUT2D eigenvalue weighted by Crippen LogP contribution is -2.24. The van der Waals surface area contributed by atoms with Gasteiger partial charge in [0.1, 0.15) is 5.01 Å². The number of thioether (sulfide) groups is 1. The Morgan fingerprint density at radius 1 is 1.31 bits per heavy atom. The van der Waals surface area contributed by atoms with Crippen molar-refractivity contribution >= 4 is 23.1 Å². The summed E-state index contributed by atoms with van der Waals surface area (Å²) in [6.07, 6.45) is 1.25. The van der Waals surface area contributed by atoms with E-state index in [0.717, 1.165) is 28.4 Å². The molecule has 0 radical (unpaired) electrons. The van der Waals surface area contributed by atoms with E-state index < -0.39 is 0 Å². The second kappa shape index (κ2) is 7.25. The van der Waals surface area contributed by atoms with E-state index in [4.69, 9.17) is 0 Å². The van der Waals surface area contributed by atoms with Gasteiger partial charge in [-0.2, -0.15) is 0 Å². The summed E-state index contributed by atoms with van der Waals surface area (Å²) in [6.45, 7) is 10.9. The number of nitrogens with zero attached hydrogens (tertiary/aromatic N) is 2. The Morgan fingerprint density at radius 3 is 2.62 bits per heavy atom. The molecule has 1 aromatic rings. The van der Waals surface area contributed by atoms with Crippen molar-refractivity contribution in [1.82, 2.24) is 15.5 Å². The van der Waals surface area contributed by atoms with E-state index in [2.05, 4.69) is 36.3 Å². The van der Waals surface area contributed by atoms with Crippen LogP contribution >= 0.6 is 23.1 Å². The quantitative estimate of drug-likeness (QED) is 0.603. The van der Waals surface area contributed by atoms with Gasteiger partial charge in [-0.15, -0.1) is 10.2 Å². The van der Waals surface area contributed by atoms with Gasteiger partial charge in [0.25, 0.3) is 0 Å². The smallest absolute Gasteiger partial charge is 0.174 e. The molecular weight excluding hydrogens is 238 g/mol. The molecule has 16 heavy (non-hydrogen) atoms. The number of rotatable bonds is 7. The Labute approximate surface area is 106 Å². The fourth-order valence-electron chi connectivity index (χ4n) is 1.24. The van der Waals surface area contributed by atoms with Crippen molar-refractivity contribution in [2.24, 2.45) is 5.92 Å². The van der Waals surface area contributed by atoms with Crippen LogP contribution in [-0.4, -0.2) is 28.5 Å². The third-order valence-electron chi connectivity index (χ3n) is 2.14. The monoisotopic (exact) mass is 259 g/mol. The zero-order valence-corrected chi connectivity index (χ0v) is 12.1. The summed E-state index contributed by atoms with van der Waals surface area (Å²) in [5, 5.41) is 13.2. The van der Waals surface area contributed by atoms with Gasteiger partial charge in [0, 0.05) is 11.8 Å². The molecule has 0 aliphatic heterocycles. The summed E-state index contributed by atoms with van der Waals surface area (Å²) in [7, 11) is 0. The average molecular weight is 259 g/mol. The number of hydrogen-bond acceptors (Lipinski definition) is 5. The molecule has 0 amide bonds. The van der Waals surface area contributed by atoms with Gasteiger partial charge in [-0.05, 0) is 25.8 Å². The SMILES string of the molecule is Cc1nnc(SC(C)CNCCC(C)C)s1. The molecule has 0 saturated carbocycles. The molecule has 0 aliphatic carbocycles. The van der Waals surface area contributed by atoms with Crippen LogP contribution in [0.4, 0.5) is 0 Å². The Balaban J connectivity index is 2.13. The average Bonchev–Trinajstić information content (AvgIpc) is 2.58. The van der Waals surface area contributed by atoms with E-state index in [1.54, 1.807) is 23.1 Å². The molecule has 0 fully saturated rings. The van der Waals surface area contributed by atoms with Crippen LogP contribution in [0.25, 0.3) is 0 Å². The second-order valence-corrected chi connectivity index (χ2v) is 7.27. The molecule has 1 unspecified atom stereocenters. The molecule has 1 aromatic heterocycles. The minimum Gasteiger partial charge on any atom is -0.316 e. The Hall–Kier alpha value is -0.130. The minimum atomic E-state index is 0.555. The van der Waals surface area contributed by atoms with Crippen molar-refractivity contribution in [2.45, 2.75) is 43.7 Å². The maximum Gasteiger partial charge on any atom is 0.174 e. The van der Waals surface area contributed by atoms with Crippen LogP contribution in [-0.2, 0) is 0 Å². The van der Waals surface area contributed by atoms with Crippen LogP contribution in [0.3, 0.4) is 0 Å². The van der Waals surface area contributed by atoms with Gasteiger partial charge in [0.15, 0.2) is 4.34 Å². The molecule has 0 spiro atoms. The zero-order chi connectivity index (χ0) is 12.0. The summed E-state index contributed by atoms with van der Waals surface area (Å²) < 4.78 is 1.08. The lowest BCUT2D eigenvalue weighted by Gasteiger charge is -2.11. The lowest BCUT2D eigenvalue weighted by molar-refractivity contribution is 0.539. The number of aryl methyl sites for hydroxylation is 1. The third kappa shape index (κ3) is 5.82. The molecule has 92 valence electrons. The van der Waals surface area contributed by atoms with E-state index in [9.17, 15) is 0 Å². The van der Waals surface area contributed by atoms with Gasteiger partial charge < -0.3 is 5.32 Å². The van der Waals surface area contributed by atoms with Crippen LogP contribution in [0.1, 0.15) is 32.2 Å². The fraction of sp³-hybridized carbons (Fsp3) is 0.818. The molecule has 1 atom stereocenters. The van der Waals surface area contributed by atoms with E-state index >= 15 is 0 Å². The highest BCUT2D eigenvalue weighted by Gasteiger charge is 2.07. The van der Waals surface area contributed by atoms with Crippen LogP contribution < -0.4 is 5.32 Å². The Bertz CT molecular complexity index is 299. The first-order valence-corrected chi connectivity index (χ1v) is 7.45. The predicted octanol–water partition coefficient (Wildman–Crippen LogP) is 2.96. The second-order valence-electron chi connectivity index (χ2n) is 4.40. The van der Waals surface area contributed by atoms with Gasteiger partial charge in [-0.1, -0.05) is 43.9 Å². The Morgan fingerprint density at radius 2 is 2.06 bits per heavy atom. The van der Waals surface area contributed by atoms with E-state index in [1.165, 1.54) is 6.42 Å². The van der Waals surface area contributed by atoms with Gasteiger partial charge >= 0.3 is 0 Å². The van der Waals surface area contributed by atoms with Gasteiger partial charge in [-0.25, -0.2) is 0 Å². The largest absolute Gasteiger partial charge is 0.316 e. The molecule has 5 heteroatoms. The summed E-state index contributed by atoms with van der Waals surface area (Å²) >= 11 is 3.48. The number of hydrogen-bond donors (Lipinski definition) is 1.